The van der Waals surface area contributed by atoms with Gasteiger partial charge in [-0.15, -0.1) is 22.7 Å². The molecular weight excluding hydrogens is 517 g/mol. The van der Waals surface area contributed by atoms with Crippen molar-refractivity contribution >= 4 is 55.4 Å². The maximum Gasteiger partial charge on any atom is 0.342 e. The second-order valence-electron chi connectivity index (χ2n) is 6.94. The Balaban J connectivity index is 1.33. The smallest absolute Gasteiger partial charge is 0.342 e. The summed E-state index contributed by atoms with van der Waals surface area (Å²) in [5, 5.41) is 16.2. The average molecular weight is 534 g/mol. The van der Waals surface area contributed by atoms with Crippen LogP contribution in [-0.4, -0.2) is 37.0 Å². The van der Waals surface area contributed by atoms with Crippen LogP contribution in [0.4, 0.5) is 15.2 Å². The van der Waals surface area contributed by atoms with E-state index in [9.17, 15) is 27.5 Å². The molecule has 0 atom stereocenters. The van der Waals surface area contributed by atoms with Crippen LogP contribution in [0.2, 0.25) is 0 Å². The van der Waals surface area contributed by atoms with E-state index < -0.39 is 34.3 Å². The van der Waals surface area contributed by atoms with Crippen molar-refractivity contribution in [2.24, 2.45) is 0 Å². The molecule has 2 aromatic heterocycles. The molecule has 2 heterocycles. The lowest BCUT2D eigenvalue weighted by Gasteiger charge is -2.09. The minimum atomic E-state index is -3.82. The minimum Gasteiger partial charge on any atom is -0.507 e. The zero-order valence-corrected chi connectivity index (χ0v) is 20.0. The monoisotopic (exact) mass is 533 g/mol. The molecule has 2 aromatic carbocycles. The van der Waals surface area contributed by atoms with E-state index in [1.165, 1.54) is 30.3 Å². The van der Waals surface area contributed by atoms with Gasteiger partial charge in [-0.25, -0.2) is 22.6 Å². The van der Waals surface area contributed by atoms with E-state index in [1.807, 2.05) is 0 Å². The third-order valence-corrected chi connectivity index (χ3v) is 7.99. The van der Waals surface area contributed by atoms with Crippen LogP contribution in [0, 0.1) is 5.82 Å². The standard InChI is InChI=1S/C22H16FN3O6S3/c23-14-5-3-13(4-6-14)17-12-34-22(24-17)25-19(28)11-32-21(29)16-8-7-15(10-18(16)27)26-35(30,31)20-2-1-9-33-20/h1-10,12,26-27H,11H2,(H,24,25,28). The molecule has 1 amide bonds. The molecule has 0 fully saturated rings. The predicted octanol–water partition coefficient (Wildman–Crippen LogP) is 4.31. The number of anilines is 2. The van der Waals surface area contributed by atoms with Crippen molar-refractivity contribution in [3.8, 4) is 17.0 Å². The number of hydrogen-bond donors (Lipinski definition) is 3. The van der Waals surface area contributed by atoms with Gasteiger partial charge in [-0.05, 0) is 47.8 Å². The van der Waals surface area contributed by atoms with Crippen molar-refractivity contribution in [3.63, 3.8) is 0 Å². The van der Waals surface area contributed by atoms with Crippen molar-refractivity contribution < 1.29 is 32.2 Å². The Bertz CT molecular complexity index is 1470. The molecule has 0 saturated carbocycles. The number of benzene rings is 2. The van der Waals surface area contributed by atoms with Crippen molar-refractivity contribution in [3.05, 3.63) is 76.7 Å². The number of esters is 1. The molecule has 0 spiro atoms. The molecular formula is C22H16FN3O6S3. The Morgan fingerprint density at radius 3 is 2.54 bits per heavy atom. The number of halogens is 1. The van der Waals surface area contributed by atoms with Gasteiger partial charge >= 0.3 is 5.97 Å². The van der Waals surface area contributed by atoms with Gasteiger partial charge in [-0.1, -0.05) is 6.07 Å². The first-order valence-electron chi connectivity index (χ1n) is 9.79. The number of amides is 1. The molecule has 0 radical (unpaired) electrons. The van der Waals surface area contributed by atoms with E-state index in [2.05, 4.69) is 15.0 Å². The number of sulfonamides is 1. The number of ether oxygens (including phenoxy) is 1. The molecule has 4 rings (SSSR count). The summed E-state index contributed by atoms with van der Waals surface area (Å²) < 4.78 is 44.9. The second kappa shape index (κ2) is 10.2. The van der Waals surface area contributed by atoms with E-state index in [4.69, 9.17) is 4.74 Å². The number of phenols is 1. The number of nitrogens with zero attached hydrogens (tertiary/aromatic N) is 1. The fraction of sp³-hybridized carbons (Fsp3) is 0.0455. The third kappa shape index (κ3) is 6.01. The lowest BCUT2D eigenvalue weighted by Crippen LogP contribution is -2.21. The lowest BCUT2D eigenvalue weighted by molar-refractivity contribution is -0.119. The fourth-order valence-electron chi connectivity index (χ4n) is 2.84. The normalized spacial score (nSPS) is 11.1. The number of nitrogens with one attached hydrogen (secondary N) is 2. The topological polar surface area (TPSA) is 135 Å². The van der Waals surface area contributed by atoms with Gasteiger partial charge in [0, 0.05) is 17.0 Å². The number of thiophene rings is 1. The van der Waals surface area contributed by atoms with E-state index in [0.29, 0.717) is 11.3 Å². The Hall–Kier alpha value is -3.81. The number of rotatable bonds is 8. The Labute approximate surface area is 206 Å². The van der Waals surface area contributed by atoms with E-state index >= 15 is 0 Å². The molecule has 0 aliphatic carbocycles. The van der Waals surface area contributed by atoms with Gasteiger partial charge < -0.3 is 9.84 Å². The molecule has 4 aromatic rings. The number of hydrogen-bond acceptors (Lipinski definition) is 9. The van der Waals surface area contributed by atoms with E-state index in [0.717, 1.165) is 28.7 Å². The first kappa shape index (κ1) is 24.3. The largest absolute Gasteiger partial charge is 0.507 e. The van der Waals surface area contributed by atoms with Crippen LogP contribution in [-0.2, 0) is 19.6 Å². The molecule has 0 aliphatic rings. The number of carbonyl (C=O) groups excluding carboxylic acids is 2. The van der Waals surface area contributed by atoms with Crippen molar-refractivity contribution in [1.82, 2.24) is 4.98 Å². The molecule has 3 N–H and O–H groups in total. The first-order valence-corrected chi connectivity index (χ1v) is 13.0. The molecule has 180 valence electrons. The highest BCUT2D eigenvalue weighted by molar-refractivity contribution is 7.94. The summed E-state index contributed by atoms with van der Waals surface area (Å²) in [4.78, 5) is 28.7. The van der Waals surface area contributed by atoms with Crippen LogP contribution < -0.4 is 10.0 Å². The number of carbonyl (C=O) groups is 2. The summed E-state index contributed by atoms with van der Waals surface area (Å²) >= 11 is 2.17. The maximum absolute atomic E-state index is 13.1. The van der Waals surface area contributed by atoms with Gasteiger partial charge in [-0.2, -0.15) is 0 Å². The van der Waals surface area contributed by atoms with Crippen molar-refractivity contribution in [2.75, 3.05) is 16.6 Å². The Kier molecular flexibility index (Phi) is 7.10. The molecule has 0 saturated heterocycles. The third-order valence-electron chi connectivity index (χ3n) is 4.45. The quantitative estimate of drug-likeness (QED) is 0.287. The summed E-state index contributed by atoms with van der Waals surface area (Å²) in [5.74, 6) is -2.53. The Morgan fingerprint density at radius 1 is 1.09 bits per heavy atom. The van der Waals surface area contributed by atoms with Gasteiger partial charge in [0.2, 0.25) is 0 Å². The van der Waals surface area contributed by atoms with Gasteiger partial charge in [0.15, 0.2) is 11.7 Å². The van der Waals surface area contributed by atoms with E-state index in [1.54, 1.807) is 29.0 Å². The van der Waals surface area contributed by atoms with Gasteiger partial charge in [0.1, 0.15) is 21.3 Å². The lowest BCUT2D eigenvalue weighted by atomic mass is 10.2. The predicted molar refractivity (Wildman–Crippen MR) is 130 cm³/mol. The highest BCUT2D eigenvalue weighted by atomic mass is 32.2. The van der Waals surface area contributed by atoms with Crippen LogP contribution in [0.3, 0.4) is 0 Å². The van der Waals surface area contributed by atoms with Gasteiger partial charge in [-0.3, -0.25) is 14.8 Å². The number of aromatic hydroxyl groups is 1. The molecule has 0 bridgehead atoms. The summed E-state index contributed by atoms with van der Waals surface area (Å²) in [7, 11) is -3.82. The second-order valence-corrected chi connectivity index (χ2v) is 10.7. The highest BCUT2D eigenvalue weighted by Gasteiger charge is 2.19. The minimum absolute atomic E-state index is 0.0471. The van der Waals surface area contributed by atoms with E-state index in [-0.39, 0.29) is 26.4 Å². The first-order chi connectivity index (χ1) is 16.7. The fourth-order valence-corrected chi connectivity index (χ4v) is 5.62. The van der Waals surface area contributed by atoms with Crippen LogP contribution in [0.25, 0.3) is 11.3 Å². The number of aromatic nitrogens is 1. The SMILES string of the molecule is O=C(COC(=O)c1ccc(NS(=O)(=O)c2cccs2)cc1O)Nc1nc(-c2ccc(F)cc2)cs1. The van der Waals surface area contributed by atoms with Gasteiger partial charge in [0.05, 0.1) is 11.4 Å². The van der Waals surface area contributed by atoms with Gasteiger partial charge in [0.25, 0.3) is 15.9 Å². The molecule has 35 heavy (non-hydrogen) atoms. The number of phenolic OH excluding ortho intramolecular Hbond substituents is 1. The summed E-state index contributed by atoms with van der Waals surface area (Å²) in [6.07, 6.45) is 0. The Morgan fingerprint density at radius 2 is 1.86 bits per heavy atom. The summed E-state index contributed by atoms with van der Waals surface area (Å²) in [6.45, 7) is -0.642. The number of thiazole rings is 1. The highest BCUT2D eigenvalue weighted by Crippen LogP contribution is 2.27. The molecule has 9 nitrogen and oxygen atoms in total. The summed E-state index contributed by atoms with van der Waals surface area (Å²) in [5.41, 5.74) is 1.02. The van der Waals surface area contributed by atoms with Crippen molar-refractivity contribution in [1.29, 1.82) is 0 Å². The maximum atomic E-state index is 13.1. The van der Waals surface area contributed by atoms with Crippen LogP contribution in [0.15, 0.2) is 69.6 Å². The average Bonchev–Trinajstić information content (AvgIpc) is 3.51. The van der Waals surface area contributed by atoms with Crippen molar-refractivity contribution in [2.45, 2.75) is 4.21 Å². The molecule has 0 unspecified atom stereocenters. The summed E-state index contributed by atoms with van der Waals surface area (Å²) in [6, 6.07) is 12.3. The zero-order valence-electron chi connectivity index (χ0n) is 17.6. The molecule has 13 heteroatoms. The van der Waals surface area contributed by atoms with Crippen LogP contribution in [0.1, 0.15) is 10.4 Å². The van der Waals surface area contributed by atoms with Crippen LogP contribution in [0.5, 0.6) is 5.75 Å². The molecule has 0 aliphatic heterocycles. The zero-order chi connectivity index (χ0) is 25.0. The van der Waals surface area contributed by atoms with Crippen LogP contribution >= 0.6 is 22.7 Å².